The summed E-state index contributed by atoms with van der Waals surface area (Å²) in [5.74, 6) is 0.712. The summed E-state index contributed by atoms with van der Waals surface area (Å²) < 4.78 is 46.4. The molecule has 0 aromatic heterocycles. The highest BCUT2D eigenvalue weighted by molar-refractivity contribution is 7.93. The van der Waals surface area contributed by atoms with Gasteiger partial charge in [0, 0.05) is 17.7 Å². The Labute approximate surface area is 124 Å². The third kappa shape index (κ3) is 2.87. The number of rotatable bonds is 1. The molecule has 21 heavy (non-hydrogen) atoms. The largest absolute Gasteiger partial charge is 0.416 e. The molecular formula is C15H12F3NOS. The number of hydrogen-bond acceptors (Lipinski definition) is 3. The molecule has 2 aromatic carbocycles. The van der Waals surface area contributed by atoms with Crippen molar-refractivity contribution in [2.45, 2.75) is 19.6 Å². The normalized spacial score (nSPS) is 14.5. The molecule has 0 unspecified atom stereocenters. The topological polar surface area (TPSA) is 21.3 Å². The highest BCUT2D eigenvalue weighted by Gasteiger charge is 2.30. The first kappa shape index (κ1) is 14.3. The third-order valence-electron chi connectivity index (χ3n) is 3.28. The lowest BCUT2D eigenvalue weighted by atomic mass is 9.97. The lowest BCUT2D eigenvalue weighted by Gasteiger charge is -2.20. The van der Waals surface area contributed by atoms with E-state index in [0.717, 1.165) is 41.1 Å². The molecule has 1 aliphatic rings. The van der Waals surface area contributed by atoms with Crippen LogP contribution in [-0.2, 0) is 12.7 Å². The molecule has 2 aromatic rings. The van der Waals surface area contributed by atoms with Crippen molar-refractivity contribution in [3.63, 3.8) is 0 Å². The summed E-state index contributed by atoms with van der Waals surface area (Å²) in [6.07, 6.45) is -4.32. The van der Waals surface area contributed by atoms with Crippen molar-refractivity contribution < 1.29 is 17.4 Å². The standard InChI is InChI=1S/C15H12F3NOS/c1-9-6-11-8-19-21-20-14(11)13(7-9)10-2-4-12(5-3-10)15(16,17)18/h2-7,19H,8H2,1H3. The van der Waals surface area contributed by atoms with E-state index in [4.69, 9.17) is 4.18 Å². The second-order valence-corrected chi connectivity index (χ2v) is 5.49. The first-order chi connectivity index (χ1) is 9.95. The molecule has 0 atom stereocenters. The molecule has 3 rings (SSSR count). The lowest BCUT2D eigenvalue weighted by molar-refractivity contribution is -0.137. The molecular weight excluding hydrogens is 299 g/mol. The molecule has 2 nitrogen and oxygen atoms in total. The fourth-order valence-corrected chi connectivity index (χ4v) is 2.86. The summed E-state index contributed by atoms with van der Waals surface area (Å²) in [5.41, 5.74) is 2.92. The molecule has 1 heterocycles. The van der Waals surface area contributed by atoms with Crippen LogP contribution >= 0.6 is 12.2 Å². The molecule has 0 saturated carbocycles. The highest BCUT2D eigenvalue weighted by Crippen LogP contribution is 2.39. The van der Waals surface area contributed by atoms with E-state index in [1.54, 1.807) is 0 Å². The number of alkyl halides is 3. The monoisotopic (exact) mass is 311 g/mol. The summed E-state index contributed by atoms with van der Waals surface area (Å²) in [6, 6.07) is 9.08. The van der Waals surface area contributed by atoms with Crippen LogP contribution < -0.4 is 8.91 Å². The zero-order chi connectivity index (χ0) is 15.0. The Kier molecular flexibility index (Phi) is 3.59. The van der Waals surface area contributed by atoms with Crippen molar-refractivity contribution in [1.29, 1.82) is 0 Å². The minimum atomic E-state index is -4.32. The second-order valence-electron chi connectivity index (χ2n) is 4.86. The molecule has 0 bridgehead atoms. The Hall–Kier alpha value is -1.66. The summed E-state index contributed by atoms with van der Waals surface area (Å²) in [7, 11) is 0. The first-order valence-electron chi connectivity index (χ1n) is 6.33. The van der Waals surface area contributed by atoms with Gasteiger partial charge in [0.05, 0.1) is 5.56 Å². The number of benzene rings is 2. The van der Waals surface area contributed by atoms with Crippen LogP contribution in [0.25, 0.3) is 11.1 Å². The van der Waals surface area contributed by atoms with Gasteiger partial charge in [-0.1, -0.05) is 18.2 Å². The van der Waals surface area contributed by atoms with Gasteiger partial charge in [-0.25, -0.2) is 4.72 Å². The van der Waals surface area contributed by atoms with Crippen LogP contribution in [0.1, 0.15) is 16.7 Å². The minimum Gasteiger partial charge on any atom is -0.409 e. The van der Waals surface area contributed by atoms with Gasteiger partial charge in [-0.05, 0) is 36.2 Å². The molecule has 6 heteroatoms. The maximum Gasteiger partial charge on any atom is 0.416 e. The van der Waals surface area contributed by atoms with Crippen LogP contribution in [0.3, 0.4) is 0 Å². The van der Waals surface area contributed by atoms with E-state index in [1.165, 1.54) is 12.1 Å². The van der Waals surface area contributed by atoms with Gasteiger partial charge < -0.3 is 4.18 Å². The average Bonchev–Trinajstić information content (AvgIpc) is 2.45. The van der Waals surface area contributed by atoms with Gasteiger partial charge in [-0.3, -0.25) is 0 Å². The van der Waals surface area contributed by atoms with Gasteiger partial charge in [0.2, 0.25) is 0 Å². The fraction of sp³-hybridized carbons (Fsp3) is 0.200. The molecule has 0 saturated heterocycles. The van der Waals surface area contributed by atoms with Gasteiger partial charge in [0.25, 0.3) is 0 Å². The molecule has 0 radical (unpaired) electrons. The third-order valence-corrected chi connectivity index (χ3v) is 3.79. The molecule has 110 valence electrons. The maximum atomic E-state index is 12.6. The summed E-state index contributed by atoms with van der Waals surface area (Å²) in [5, 5.41) is 0. The van der Waals surface area contributed by atoms with Gasteiger partial charge >= 0.3 is 6.18 Å². The van der Waals surface area contributed by atoms with Gasteiger partial charge in [-0.15, -0.1) is 0 Å². The van der Waals surface area contributed by atoms with E-state index in [9.17, 15) is 13.2 Å². The van der Waals surface area contributed by atoms with Crippen LogP contribution in [0.4, 0.5) is 13.2 Å². The molecule has 0 aliphatic carbocycles. The van der Waals surface area contributed by atoms with Crippen molar-refractivity contribution in [1.82, 2.24) is 4.72 Å². The molecule has 0 amide bonds. The first-order valence-corrected chi connectivity index (χ1v) is 7.07. The van der Waals surface area contributed by atoms with Crippen LogP contribution in [0, 0.1) is 6.92 Å². The zero-order valence-electron chi connectivity index (χ0n) is 11.1. The van der Waals surface area contributed by atoms with Crippen LogP contribution in [0.15, 0.2) is 36.4 Å². The molecule has 0 fully saturated rings. The average molecular weight is 311 g/mol. The SMILES string of the molecule is Cc1cc2c(c(-c3ccc(C(F)(F)F)cc3)c1)OSNC2. The smallest absolute Gasteiger partial charge is 0.409 e. The molecule has 1 N–H and O–H groups in total. The maximum absolute atomic E-state index is 12.6. The predicted molar refractivity (Wildman–Crippen MR) is 76.7 cm³/mol. The zero-order valence-corrected chi connectivity index (χ0v) is 11.9. The van der Waals surface area contributed by atoms with Crippen LogP contribution in [-0.4, -0.2) is 0 Å². The molecule has 1 aliphatic heterocycles. The summed E-state index contributed by atoms with van der Waals surface area (Å²) >= 11 is 1.13. The van der Waals surface area contributed by atoms with E-state index < -0.39 is 11.7 Å². The van der Waals surface area contributed by atoms with Crippen molar-refractivity contribution in [2.24, 2.45) is 0 Å². The Morgan fingerprint density at radius 1 is 1.14 bits per heavy atom. The van der Waals surface area contributed by atoms with Gasteiger partial charge in [-0.2, -0.15) is 13.2 Å². The molecule has 0 spiro atoms. The Morgan fingerprint density at radius 2 is 1.86 bits per heavy atom. The second kappa shape index (κ2) is 5.27. The number of nitrogens with one attached hydrogen (secondary N) is 1. The predicted octanol–water partition coefficient (Wildman–Crippen LogP) is 4.73. The van der Waals surface area contributed by atoms with E-state index in [0.29, 0.717) is 17.9 Å². The lowest BCUT2D eigenvalue weighted by Crippen LogP contribution is -2.13. The van der Waals surface area contributed by atoms with Crippen molar-refractivity contribution in [3.8, 4) is 16.9 Å². The van der Waals surface area contributed by atoms with E-state index in [-0.39, 0.29) is 0 Å². The van der Waals surface area contributed by atoms with E-state index in [2.05, 4.69) is 4.72 Å². The van der Waals surface area contributed by atoms with Crippen molar-refractivity contribution in [3.05, 3.63) is 53.1 Å². The quantitative estimate of drug-likeness (QED) is 0.608. The van der Waals surface area contributed by atoms with Crippen molar-refractivity contribution in [2.75, 3.05) is 0 Å². The fourth-order valence-electron chi connectivity index (χ4n) is 2.31. The van der Waals surface area contributed by atoms with Gasteiger partial charge in [0.15, 0.2) is 5.75 Å². The minimum absolute atomic E-state index is 0.648. The van der Waals surface area contributed by atoms with Gasteiger partial charge in [0.1, 0.15) is 12.2 Å². The number of halogens is 3. The van der Waals surface area contributed by atoms with E-state index >= 15 is 0 Å². The van der Waals surface area contributed by atoms with Crippen molar-refractivity contribution >= 4 is 12.2 Å². The van der Waals surface area contributed by atoms with Crippen LogP contribution in [0.2, 0.25) is 0 Å². The summed E-state index contributed by atoms with van der Waals surface area (Å²) in [4.78, 5) is 0. The Bertz CT molecular complexity index is 668. The van der Waals surface area contributed by atoms with Crippen LogP contribution in [0.5, 0.6) is 5.75 Å². The highest BCUT2D eigenvalue weighted by atomic mass is 32.2. The number of hydrogen-bond donors (Lipinski definition) is 1. The Morgan fingerprint density at radius 3 is 2.52 bits per heavy atom. The van der Waals surface area contributed by atoms with E-state index in [1.807, 2.05) is 19.1 Å². The summed E-state index contributed by atoms with van der Waals surface area (Å²) in [6.45, 7) is 2.62. The Balaban J connectivity index is 2.06. The number of aryl methyl sites for hydroxylation is 1. The number of fused-ring (bicyclic) bond motifs is 1.